The molecule has 4 nitrogen and oxygen atoms in total. The molecule has 0 bridgehead atoms. The Hall–Kier alpha value is -3.47. The average molecular weight is 334 g/mol. The third-order valence-corrected chi connectivity index (χ3v) is 3.34. The standard InChI is InChI=1S/C20H15FN2O2/c21-19-12-5-4-11-18(19)20(24)23-22-14-15-7-6-10-17(13-15)25-16-8-2-1-3-9-16/h1-14H,(H,23,24). The van der Waals surface area contributed by atoms with Crippen molar-refractivity contribution in [2.24, 2.45) is 5.10 Å². The summed E-state index contributed by atoms with van der Waals surface area (Å²) in [4.78, 5) is 11.9. The van der Waals surface area contributed by atoms with Crippen molar-refractivity contribution < 1.29 is 13.9 Å². The van der Waals surface area contributed by atoms with Crippen LogP contribution in [0.4, 0.5) is 4.39 Å². The summed E-state index contributed by atoms with van der Waals surface area (Å²) in [5.74, 6) is 0.180. The maximum absolute atomic E-state index is 13.5. The second-order valence-corrected chi connectivity index (χ2v) is 5.17. The highest BCUT2D eigenvalue weighted by molar-refractivity contribution is 5.95. The summed E-state index contributed by atoms with van der Waals surface area (Å²) in [7, 11) is 0. The van der Waals surface area contributed by atoms with Crippen molar-refractivity contribution in [2.45, 2.75) is 0 Å². The summed E-state index contributed by atoms with van der Waals surface area (Å²) in [6, 6.07) is 22.4. The van der Waals surface area contributed by atoms with Gasteiger partial charge >= 0.3 is 0 Å². The fraction of sp³-hybridized carbons (Fsp3) is 0. The van der Waals surface area contributed by atoms with Gasteiger partial charge in [0, 0.05) is 0 Å². The number of carbonyl (C=O) groups excluding carboxylic acids is 1. The highest BCUT2D eigenvalue weighted by Gasteiger charge is 2.09. The van der Waals surface area contributed by atoms with Gasteiger partial charge in [-0.2, -0.15) is 5.10 Å². The van der Waals surface area contributed by atoms with Gasteiger partial charge in [0.25, 0.3) is 5.91 Å². The lowest BCUT2D eigenvalue weighted by molar-refractivity contribution is 0.0951. The predicted molar refractivity (Wildman–Crippen MR) is 94.4 cm³/mol. The van der Waals surface area contributed by atoms with E-state index in [9.17, 15) is 9.18 Å². The first-order valence-electron chi connectivity index (χ1n) is 7.63. The van der Waals surface area contributed by atoms with Crippen LogP contribution in [0.15, 0.2) is 84.0 Å². The Bertz CT molecular complexity index is 895. The maximum Gasteiger partial charge on any atom is 0.274 e. The van der Waals surface area contributed by atoms with Gasteiger partial charge in [-0.15, -0.1) is 0 Å². The molecule has 0 aliphatic heterocycles. The second-order valence-electron chi connectivity index (χ2n) is 5.17. The highest BCUT2D eigenvalue weighted by Crippen LogP contribution is 2.21. The molecule has 1 amide bonds. The number of ether oxygens (including phenoxy) is 1. The summed E-state index contributed by atoms with van der Waals surface area (Å²) < 4.78 is 19.3. The number of rotatable bonds is 5. The van der Waals surface area contributed by atoms with Crippen LogP contribution >= 0.6 is 0 Å². The zero-order valence-corrected chi connectivity index (χ0v) is 13.2. The average Bonchev–Trinajstić information content (AvgIpc) is 2.63. The van der Waals surface area contributed by atoms with Crippen LogP contribution in [0.25, 0.3) is 0 Å². The Morgan fingerprint density at radius 3 is 2.44 bits per heavy atom. The van der Waals surface area contributed by atoms with Crippen LogP contribution in [0.5, 0.6) is 11.5 Å². The maximum atomic E-state index is 13.5. The lowest BCUT2D eigenvalue weighted by Gasteiger charge is -2.05. The van der Waals surface area contributed by atoms with Crippen LogP contribution in [0, 0.1) is 5.82 Å². The molecule has 0 aromatic heterocycles. The Morgan fingerprint density at radius 1 is 0.920 bits per heavy atom. The molecule has 0 saturated heterocycles. The molecule has 3 aromatic rings. The smallest absolute Gasteiger partial charge is 0.274 e. The van der Waals surface area contributed by atoms with E-state index in [1.165, 1.54) is 24.4 Å². The van der Waals surface area contributed by atoms with E-state index in [0.717, 1.165) is 11.3 Å². The Morgan fingerprint density at radius 2 is 1.64 bits per heavy atom. The fourth-order valence-corrected chi connectivity index (χ4v) is 2.15. The van der Waals surface area contributed by atoms with Crippen molar-refractivity contribution in [2.75, 3.05) is 0 Å². The molecular weight excluding hydrogens is 319 g/mol. The molecule has 0 heterocycles. The van der Waals surface area contributed by atoms with Gasteiger partial charge in [0.15, 0.2) is 0 Å². The molecule has 3 rings (SSSR count). The van der Waals surface area contributed by atoms with E-state index >= 15 is 0 Å². The van der Waals surface area contributed by atoms with E-state index in [4.69, 9.17) is 4.74 Å². The van der Waals surface area contributed by atoms with Gasteiger partial charge in [0.2, 0.25) is 0 Å². The number of para-hydroxylation sites is 1. The molecule has 0 aliphatic carbocycles. The fourth-order valence-electron chi connectivity index (χ4n) is 2.15. The van der Waals surface area contributed by atoms with Gasteiger partial charge in [-0.3, -0.25) is 4.79 Å². The number of amides is 1. The summed E-state index contributed by atoms with van der Waals surface area (Å²) in [6.45, 7) is 0. The number of hydrogen-bond acceptors (Lipinski definition) is 3. The van der Waals surface area contributed by atoms with Gasteiger partial charge in [0.05, 0.1) is 11.8 Å². The van der Waals surface area contributed by atoms with Crippen molar-refractivity contribution in [3.63, 3.8) is 0 Å². The molecule has 25 heavy (non-hydrogen) atoms. The van der Waals surface area contributed by atoms with Gasteiger partial charge in [-0.25, -0.2) is 9.82 Å². The Kier molecular flexibility index (Phi) is 5.16. The topological polar surface area (TPSA) is 50.7 Å². The van der Waals surface area contributed by atoms with E-state index in [1.807, 2.05) is 48.5 Å². The molecule has 0 unspecified atom stereocenters. The van der Waals surface area contributed by atoms with Crippen molar-refractivity contribution in [3.8, 4) is 11.5 Å². The largest absolute Gasteiger partial charge is 0.457 e. The molecular formula is C20H15FN2O2. The van der Waals surface area contributed by atoms with Gasteiger partial charge in [-0.05, 0) is 42.0 Å². The third-order valence-electron chi connectivity index (χ3n) is 3.34. The minimum absolute atomic E-state index is 0.0548. The predicted octanol–water partition coefficient (Wildman–Crippen LogP) is 4.38. The zero-order chi connectivity index (χ0) is 17.5. The van der Waals surface area contributed by atoms with Crippen LogP contribution in [0.3, 0.4) is 0 Å². The SMILES string of the molecule is O=C(NN=Cc1cccc(Oc2ccccc2)c1)c1ccccc1F. The Balaban J connectivity index is 1.65. The van der Waals surface area contributed by atoms with Crippen LogP contribution < -0.4 is 10.2 Å². The molecule has 0 radical (unpaired) electrons. The van der Waals surface area contributed by atoms with Crippen LogP contribution in [-0.4, -0.2) is 12.1 Å². The molecule has 0 saturated carbocycles. The number of hydrogen-bond donors (Lipinski definition) is 1. The van der Waals surface area contributed by atoms with E-state index in [1.54, 1.807) is 12.1 Å². The minimum atomic E-state index is -0.606. The number of benzene rings is 3. The van der Waals surface area contributed by atoms with Crippen molar-refractivity contribution in [3.05, 3.63) is 95.8 Å². The Labute approximate surface area is 144 Å². The van der Waals surface area contributed by atoms with Crippen LogP contribution in [0.1, 0.15) is 15.9 Å². The molecule has 0 spiro atoms. The minimum Gasteiger partial charge on any atom is -0.457 e. The third kappa shape index (κ3) is 4.51. The summed E-state index contributed by atoms with van der Waals surface area (Å²) >= 11 is 0. The first kappa shape index (κ1) is 16.4. The number of nitrogens with zero attached hydrogens (tertiary/aromatic N) is 1. The van der Waals surface area contributed by atoms with Crippen molar-refractivity contribution in [1.82, 2.24) is 5.43 Å². The lowest BCUT2D eigenvalue weighted by atomic mass is 10.2. The van der Waals surface area contributed by atoms with E-state index in [-0.39, 0.29) is 5.56 Å². The van der Waals surface area contributed by atoms with Gasteiger partial charge in [0.1, 0.15) is 17.3 Å². The van der Waals surface area contributed by atoms with Gasteiger partial charge in [-0.1, -0.05) is 42.5 Å². The van der Waals surface area contributed by atoms with Crippen LogP contribution in [-0.2, 0) is 0 Å². The highest BCUT2D eigenvalue weighted by atomic mass is 19.1. The normalized spacial score (nSPS) is 10.6. The molecule has 124 valence electrons. The first-order valence-corrected chi connectivity index (χ1v) is 7.63. The second kappa shape index (κ2) is 7.88. The molecule has 0 atom stereocenters. The van der Waals surface area contributed by atoms with Gasteiger partial charge < -0.3 is 4.74 Å². The summed E-state index contributed by atoms with van der Waals surface area (Å²) in [6.07, 6.45) is 1.47. The van der Waals surface area contributed by atoms with E-state index in [2.05, 4.69) is 10.5 Å². The van der Waals surface area contributed by atoms with E-state index in [0.29, 0.717) is 5.75 Å². The molecule has 5 heteroatoms. The molecule has 1 N–H and O–H groups in total. The van der Waals surface area contributed by atoms with Crippen LogP contribution in [0.2, 0.25) is 0 Å². The van der Waals surface area contributed by atoms with E-state index < -0.39 is 11.7 Å². The molecule has 3 aromatic carbocycles. The number of nitrogens with one attached hydrogen (secondary N) is 1. The number of carbonyl (C=O) groups is 1. The van der Waals surface area contributed by atoms with Crippen molar-refractivity contribution in [1.29, 1.82) is 0 Å². The molecule has 0 fully saturated rings. The summed E-state index contributed by atoms with van der Waals surface area (Å²) in [5, 5.41) is 3.86. The monoisotopic (exact) mass is 334 g/mol. The quantitative estimate of drug-likeness (QED) is 0.556. The molecule has 0 aliphatic rings. The number of hydrazone groups is 1. The zero-order valence-electron chi connectivity index (χ0n) is 13.2. The number of halogens is 1. The lowest BCUT2D eigenvalue weighted by Crippen LogP contribution is -2.18. The first-order chi connectivity index (χ1) is 12.2. The summed E-state index contributed by atoms with van der Waals surface area (Å²) in [5.41, 5.74) is 2.99. The van der Waals surface area contributed by atoms with Crippen molar-refractivity contribution >= 4 is 12.1 Å².